The number of hydrogen-bond acceptors (Lipinski definition) is 6. The van der Waals surface area contributed by atoms with E-state index in [1.807, 2.05) is 86.6 Å². The molecule has 49 heavy (non-hydrogen) atoms. The molecule has 2 unspecified atom stereocenters. The fraction of sp³-hybridized carbons (Fsp3) is 0.415. The second-order valence-electron chi connectivity index (χ2n) is 13.9. The van der Waals surface area contributed by atoms with Crippen molar-refractivity contribution in [2.75, 3.05) is 0 Å². The van der Waals surface area contributed by atoms with Gasteiger partial charge in [0.25, 0.3) is 0 Å². The second kappa shape index (κ2) is 15.0. The van der Waals surface area contributed by atoms with Crippen LogP contribution in [0.15, 0.2) is 84.9 Å². The van der Waals surface area contributed by atoms with Crippen LogP contribution in [-0.2, 0) is 17.6 Å². The van der Waals surface area contributed by atoms with E-state index in [1.54, 1.807) is 9.59 Å². The summed E-state index contributed by atoms with van der Waals surface area (Å²) in [5, 5.41) is 44.0. The van der Waals surface area contributed by atoms with Gasteiger partial charge in [0.2, 0.25) is 0 Å². The summed E-state index contributed by atoms with van der Waals surface area (Å²) in [7, 11) is 0. The number of nitrogens with zero attached hydrogens (tertiary/aromatic N) is 6. The van der Waals surface area contributed by atoms with Gasteiger partial charge in [-0.25, -0.2) is 0 Å². The molecule has 4 aromatic carbocycles. The standard InChI is InChI=1S/C41H50N6O2/c1-5-7-9-15-27-40(3,48)38-30(19-17-25-36(38)46-42-32-21-11-12-22-33(32)43-46)29-31-20-18-26-37(39(31)41(4,49)28-16-10-8-6-2)47-44-34-23-13-14-24-35(34)45-47/h11-14,17-26,48-49H,5-10,15-16,27-29H2,1-4H3. The van der Waals surface area contributed by atoms with Crippen LogP contribution >= 0.6 is 0 Å². The molecule has 0 spiro atoms. The van der Waals surface area contributed by atoms with Crippen LogP contribution in [0.25, 0.3) is 33.4 Å². The van der Waals surface area contributed by atoms with Crippen molar-refractivity contribution in [1.29, 1.82) is 0 Å². The number of unbranched alkanes of at least 4 members (excludes halogenated alkanes) is 6. The van der Waals surface area contributed by atoms with Gasteiger partial charge < -0.3 is 10.2 Å². The Morgan fingerprint density at radius 1 is 0.490 bits per heavy atom. The number of hydrogen-bond donors (Lipinski definition) is 2. The average Bonchev–Trinajstić information content (AvgIpc) is 3.73. The number of benzene rings is 4. The maximum absolute atomic E-state index is 12.3. The quantitative estimate of drug-likeness (QED) is 0.101. The van der Waals surface area contributed by atoms with Gasteiger partial charge in [-0.2, -0.15) is 9.59 Å². The van der Waals surface area contributed by atoms with E-state index in [0.717, 1.165) is 107 Å². The first kappa shape index (κ1) is 34.5. The van der Waals surface area contributed by atoms with Gasteiger partial charge in [0, 0.05) is 11.1 Å². The lowest BCUT2D eigenvalue weighted by Crippen LogP contribution is -2.28. The van der Waals surface area contributed by atoms with E-state index in [4.69, 9.17) is 20.4 Å². The molecule has 0 aliphatic rings. The zero-order valence-corrected chi connectivity index (χ0v) is 29.4. The Morgan fingerprint density at radius 2 is 0.857 bits per heavy atom. The molecular formula is C41H50N6O2. The summed E-state index contributed by atoms with van der Waals surface area (Å²) < 4.78 is 0. The Hall–Kier alpha value is -4.40. The second-order valence-corrected chi connectivity index (χ2v) is 13.9. The van der Waals surface area contributed by atoms with E-state index in [1.165, 1.54) is 0 Å². The van der Waals surface area contributed by atoms with Crippen LogP contribution in [0.3, 0.4) is 0 Å². The van der Waals surface area contributed by atoms with Crippen molar-refractivity contribution >= 4 is 22.1 Å². The predicted octanol–water partition coefficient (Wildman–Crippen LogP) is 9.10. The van der Waals surface area contributed by atoms with E-state index in [-0.39, 0.29) is 0 Å². The first-order chi connectivity index (χ1) is 23.7. The molecule has 0 saturated carbocycles. The molecule has 2 N–H and O–H groups in total. The molecule has 0 radical (unpaired) electrons. The summed E-state index contributed by atoms with van der Waals surface area (Å²) in [6.07, 6.45) is 10.2. The summed E-state index contributed by atoms with van der Waals surface area (Å²) in [6.45, 7) is 8.24. The first-order valence-corrected chi connectivity index (χ1v) is 18.1. The molecule has 0 amide bonds. The van der Waals surface area contributed by atoms with Crippen molar-refractivity contribution in [3.8, 4) is 11.4 Å². The highest BCUT2D eigenvalue weighted by Crippen LogP contribution is 2.39. The zero-order chi connectivity index (χ0) is 34.4. The Labute approximate surface area is 289 Å². The monoisotopic (exact) mass is 658 g/mol. The van der Waals surface area contributed by atoms with Crippen molar-refractivity contribution < 1.29 is 10.2 Å². The van der Waals surface area contributed by atoms with Crippen molar-refractivity contribution in [2.45, 2.75) is 110 Å². The highest BCUT2D eigenvalue weighted by Gasteiger charge is 2.33. The van der Waals surface area contributed by atoms with Gasteiger partial charge in [0.15, 0.2) is 0 Å². The van der Waals surface area contributed by atoms with Gasteiger partial charge in [-0.1, -0.05) is 114 Å². The highest BCUT2D eigenvalue weighted by molar-refractivity contribution is 5.74. The number of fused-ring (bicyclic) bond motifs is 2. The summed E-state index contributed by atoms with van der Waals surface area (Å²) in [6, 6.07) is 27.9. The third-order valence-corrected chi connectivity index (χ3v) is 9.75. The number of rotatable bonds is 16. The molecule has 0 bridgehead atoms. The maximum Gasteiger partial charge on any atom is 0.113 e. The summed E-state index contributed by atoms with van der Waals surface area (Å²) >= 11 is 0. The molecule has 0 aliphatic heterocycles. The normalized spacial score (nSPS) is 14.3. The third kappa shape index (κ3) is 7.61. The van der Waals surface area contributed by atoms with E-state index in [9.17, 15) is 10.2 Å². The molecule has 2 atom stereocenters. The summed E-state index contributed by atoms with van der Waals surface area (Å²) in [5.41, 5.74) is 6.02. The lowest BCUT2D eigenvalue weighted by Gasteiger charge is -2.31. The highest BCUT2D eigenvalue weighted by atomic mass is 16.3. The Balaban J connectivity index is 1.49. The Kier molecular flexibility index (Phi) is 10.6. The van der Waals surface area contributed by atoms with Crippen LogP contribution in [0.2, 0.25) is 0 Å². The van der Waals surface area contributed by atoms with Gasteiger partial charge in [-0.05, 0) is 80.6 Å². The molecule has 2 aromatic heterocycles. The van der Waals surface area contributed by atoms with Crippen LogP contribution in [-0.4, -0.2) is 40.2 Å². The lowest BCUT2D eigenvalue weighted by atomic mass is 9.80. The summed E-state index contributed by atoms with van der Waals surface area (Å²) in [4.78, 5) is 3.34. The van der Waals surface area contributed by atoms with E-state index in [0.29, 0.717) is 19.3 Å². The van der Waals surface area contributed by atoms with Gasteiger partial charge >= 0.3 is 0 Å². The fourth-order valence-corrected chi connectivity index (χ4v) is 7.23. The lowest BCUT2D eigenvalue weighted by molar-refractivity contribution is 0.0431. The van der Waals surface area contributed by atoms with Gasteiger partial charge in [-0.15, -0.1) is 20.4 Å². The minimum Gasteiger partial charge on any atom is -0.385 e. The van der Waals surface area contributed by atoms with Crippen molar-refractivity contribution in [1.82, 2.24) is 30.0 Å². The minimum absolute atomic E-state index is 0.490. The van der Waals surface area contributed by atoms with Gasteiger partial charge in [0.1, 0.15) is 22.1 Å². The molecule has 0 fully saturated rings. The van der Waals surface area contributed by atoms with Gasteiger partial charge in [0.05, 0.1) is 22.6 Å². The van der Waals surface area contributed by atoms with Crippen molar-refractivity contribution in [3.05, 3.63) is 107 Å². The van der Waals surface area contributed by atoms with E-state index < -0.39 is 11.2 Å². The molecule has 256 valence electrons. The molecule has 0 aliphatic carbocycles. The molecule has 6 rings (SSSR count). The smallest absolute Gasteiger partial charge is 0.113 e. The molecule has 2 heterocycles. The van der Waals surface area contributed by atoms with Crippen LogP contribution in [0.4, 0.5) is 0 Å². The Bertz CT molecular complexity index is 1800. The average molecular weight is 659 g/mol. The molecule has 0 saturated heterocycles. The molecule has 8 nitrogen and oxygen atoms in total. The van der Waals surface area contributed by atoms with Crippen LogP contribution in [0.1, 0.15) is 114 Å². The summed E-state index contributed by atoms with van der Waals surface area (Å²) in [5.74, 6) is 0. The van der Waals surface area contributed by atoms with E-state index >= 15 is 0 Å². The minimum atomic E-state index is -1.14. The van der Waals surface area contributed by atoms with Crippen molar-refractivity contribution in [3.63, 3.8) is 0 Å². The largest absolute Gasteiger partial charge is 0.385 e. The maximum atomic E-state index is 12.3. The van der Waals surface area contributed by atoms with Crippen LogP contribution in [0, 0.1) is 0 Å². The first-order valence-electron chi connectivity index (χ1n) is 18.1. The fourth-order valence-electron chi connectivity index (χ4n) is 7.23. The number of aliphatic hydroxyl groups is 2. The van der Waals surface area contributed by atoms with Gasteiger partial charge in [-0.3, -0.25) is 0 Å². The molecule has 6 aromatic rings. The molecular weight excluding hydrogens is 608 g/mol. The SMILES string of the molecule is CCCCCCC(C)(O)c1c(Cc2cccc(-n3nc4ccccc4n3)c2C(C)(O)CCCCCC)cccc1-n1nc2ccccc2n1. The topological polar surface area (TPSA) is 102 Å². The zero-order valence-electron chi connectivity index (χ0n) is 29.4. The van der Waals surface area contributed by atoms with Crippen molar-refractivity contribution in [2.24, 2.45) is 0 Å². The Morgan fingerprint density at radius 3 is 1.20 bits per heavy atom. The van der Waals surface area contributed by atoms with Crippen LogP contribution in [0.5, 0.6) is 0 Å². The predicted molar refractivity (Wildman–Crippen MR) is 197 cm³/mol. The third-order valence-electron chi connectivity index (χ3n) is 9.75. The van der Waals surface area contributed by atoms with E-state index in [2.05, 4.69) is 26.0 Å². The van der Waals surface area contributed by atoms with Crippen LogP contribution < -0.4 is 0 Å². The molecule has 8 heteroatoms. The number of aromatic nitrogens is 6.